The summed E-state index contributed by atoms with van der Waals surface area (Å²) in [5.74, 6) is -13.4. The highest BCUT2D eigenvalue weighted by atomic mass is 19.2. The molecule has 0 spiro atoms. The zero-order valence-corrected chi connectivity index (χ0v) is 11.2. The molecule has 0 unspecified atom stereocenters. The van der Waals surface area contributed by atoms with E-state index in [0.29, 0.717) is 0 Å². The van der Waals surface area contributed by atoms with Crippen LogP contribution in [0.4, 0.5) is 46.5 Å². The summed E-state index contributed by atoms with van der Waals surface area (Å²) in [6, 6.07) is 0. The molecule has 0 aromatic heterocycles. The van der Waals surface area contributed by atoms with Gasteiger partial charge in [-0.1, -0.05) is 11.8 Å². The van der Waals surface area contributed by atoms with Crippen molar-refractivity contribution in [3.8, 4) is 11.8 Å². The van der Waals surface area contributed by atoms with E-state index in [-0.39, 0.29) is 0 Å². The van der Waals surface area contributed by atoms with Crippen molar-refractivity contribution in [3.05, 3.63) is 57.7 Å². The standard InChI is InChI=1S/C14H4F8N2/c15-5-3(6(16)10(20)13(23)9(5)19)1-2-4-7(17)11(21)14(24)12(22)8(4)18/h23-24H2. The first-order valence-electron chi connectivity index (χ1n) is 5.84. The lowest BCUT2D eigenvalue weighted by Gasteiger charge is -2.06. The first-order chi connectivity index (χ1) is 11.1. The van der Waals surface area contributed by atoms with Crippen LogP contribution in [-0.2, 0) is 0 Å². The summed E-state index contributed by atoms with van der Waals surface area (Å²) in [7, 11) is 0. The molecule has 2 aromatic carbocycles. The number of nitrogen functional groups attached to an aromatic ring is 2. The highest BCUT2D eigenvalue weighted by Gasteiger charge is 2.25. The zero-order chi connectivity index (χ0) is 18.3. The number of hydrogen-bond acceptors (Lipinski definition) is 2. The minimum Gasteiger partial charge on any atom is -0.394 e. The van der Waals surface area contributed by atoms with Gasteiger partial charge in [-0.2, -0.15) is 0 Å². The molecule has 0 atom stereocenters. The normalized spacial score (nSPS) is 10.5. The van der Waals surface area contributed by atoms with Crippen molar-refractivity contribution in [2.24, 2.45) is 0 Å². The lowest BCUT2D eigenvalue weighted by Crippen LogP contribution is -2.07. The minimum atomic E-state index is -2.05. The van der Waals surface area contributed by atoms with Gasteiger partial charge in [-0.15, -0.1) is 0 Å². The quantitative estimate of drug-likeness (QED) is 0.331. The lowest BCUT2D eigenvalue weighted by molar-refractivity contribution is 0.455. The van der Waals surface area contributed by atoms with Crippen molar-refractivity contribution >= 4 is 11.4 Å². The maximum absolute atomic E-state index is 13.5. The molecule has 2 nitrogen and oxygen atoms in total. The van der Waals surface area contributed by atoms with Crippen LogP contribution in [-0.4, -0.2) is 0 Å². The van der Waals surface area contributed by atoms with Crippen LogP contribution >= 0.6 is 0 Å². The van der Waals surface area contributed by atoms with Gasteiger partial charge in [0, 0.05) is 0 Å². The van der Waals surface area contributed by atoms with Crippen molar-refractivity contribution in [1.82, 2.24) is 0 Å². The number of anilines is 2. The van der Waals surface area contributed by atoms with Gasteiger partial charge in [0.2, 0.25) is 0 Å². The van der Waals surface area contributed by atoms with Gasteiger partial charge in [-0.25, -0.2) is 35.1 Å². The fraction of sp³-hybridized carbons (Fsp3) is 0. The molecule has 2 aromatic rings. The van der Waals surface area contributed by atoms with Crippen LogP contribution in [0, 0.1) is 58.4 Å². The Bertz CT molecular complexity index is 796. The van der Waals surface area contributed by atoms with Gasteiger partial charge in [0.15, 0.2) is 46.5 Å². The van der Waals surface area contributed by atoms with Crippen molar-refractivity contribution in [3.63, 3.8) is 0 Å². The summed E-state index contributed by atoms with van der Waals surface area (Å²) in [5, 5.41) is 0. The first kappa shape index (κ1) is 17.4. The largest absolute Gasteiger partial charge is 0.394 e. The average Bonchev–Trinajstić information content (AvgIpc) is 2.57. The molecular formula is C14H4F8N2. The summed E-state index contributed by atoms with van der Waals surface area (Å²) in [4.78, 5) is 0. The molecule has 0 radical (unpaired) electrons. The van der Waals surface area contributed by atoms with Crippen LogP contribution in [0.1, 0.15) is 11.1 Å². The molecular weight excluding hydrogens is 348 g/mol. The third kappa shape index (κ3) is 2.47. The van der Waals surface area contributed by atoms with E-state index >= 15 is 0 Å². The Morgan fingerprint density at radius 2 is 0.625 bits per heavy atom. The molecule has 0 fully saturated rings. The molecule has 4 N–H and O–H groups in total. The molecule has 2 rings (SSSR count). The van der Waals surface area contributed by atoms with E-state index in [9.17, 15) is 35.1 Å². The van der Waals surface area contributed by atoms with Crippen molar-refractivity contribution in [1.29, 1.82) is 0 Å². The van der Waals surface area contributed by atoms with Crippen molar-refractivity contribution < 1.29 is 35.1 Å². The Morgan fingerprint density at radius 3 is 0.833 bits per heavy atom. The molecule has 0 saturated carbocycles. The SMILES string of the molecule is Nc1c(F)c(F)c(C#Cc2c(F)c(F)c(N)c(F)c2F)c(F)c1F. The zero-order valence-electron chi connectivity index (χ0n) is 11.2. The van der Waals surface area contributed by atoms with E-state index in [0.717, 1.165) is 0 Å². The molecule has 24 heavy (non-hydrogen) atoms. The molecule has 10 heteroatoms. The second-order valence-corrected chi connectivity index (χ2v) is 4.34. The fourth-order valence-electron chi connectivity index (χ4n) is 1.64. The Morgan fingerprint density at radius 1 is 0.417 bits per heavy atom. The van der Waals surface area contributed by atoms with Crippen LogP contribution in [0.15, 0.2) is 0 Å². The van der Waals surface area contributed by atoms with Crippen LogP contribution in [0.3, 0.4) is 0 Å². The summed E-state index contributed by atoms with van der Waals surface area (Å²) < 4.78 is 107. The predicted octanol–water partition coefficient (Wildman–Crippen LogP) is 3.36. The number of hydrogen-bond donors (Lipinski definition) is 2. The number of halogens is 8. The van der Waals surface area contributed by atoms with Crippen LogP contribution < -0.4 is 11.5 Å². The van der Waals surface area contributed by atoms with Crippen LogP contribution in [0.2, 0.25) is 0 Å². The Hall–Kier alpha value is -2.96. The van der Waals surface area contributed by atoms with Gasteiger partial charge in [0.1, 0.15) is 22.5 Å². The second-order valence-electron chi connectivity index (χ2n) is 4.34. The Labute approximate surface area is 128 Å². The predicted molar refractivity (Wildman–Crippen MR) is 67.4 cm³/mol. The maximum Gasteiger partial charge on any atom is 0.186 e. The van der Waals surface area contributed by atoms with E-state index in [1.54, 1.807) is 0 Å². The third-order valence-corrected chi connectivity index (χ3v) is 2.91. The van der Waals surface area contributed by atoms with Crippen LogP contribution in [0.25, 0.3) is 0 Å². The number of rotatable bonds is 0. The third-order valence-electron chi connectivity index (χ3n) is 2.91. The number of nitrogens with two attached hydrogens (primary N) is 2. The fourth-order valence-corrected chi connectivity index (χ4v) is 1.64. The van der Waals surface area contributed by atoms with E-state index in [1.807, 2.05) is 0 Å². The van der Waals surface area contributed by atoms with Gasteiger partial charge in [0.25, 0.3) is 0 Å². The summed E-state index contributed by atoms with van der Waals surface area (Å²) >= 11 is 0. The topological polar surface area (TPSA) is 52.0 Å². The van der Waals surface area contributed by atoms with Gasteiger partial charge in [-0.3, -0.25) is 0 Å². The van der Waals surface area contributed by atoms with Crippen LogP contribution in [0.5, 0.6) is 0 Å². The molecule has 0 bridgehead atoms. The maximum atomic E-state index is 13.5. The summed E-state index contributed by atoms with van der Waals surface area (Å²) in [6.45, 7) is 0. The second kappa shape index (κ2) is 5.92. The van der Waals surface area contributed by atoms with Crippen molar-refractivity contribution in [2.75, 3.05) is 11.5 Å². The molecule has 0 heterocycles. The Kier molecular flexibility index (Phi) is 4.29. The van der Waals surface area contributed by atoms with E-state index in [2.05, 4.69) is 0 Å². The highest BCUT2D eigenvalue weighted by Crippen LogP contribution is 2.27. The van der Waals surface area contributed by atoms with E-state index < -0.39 is 69.0 Å². The summed E-state index contributed by atoms with van der Waals surface area (Å²) in [6.07, 6.45) is 0. The Balaban J connectivity index is 2.74. The summed E-state index contributed by atoms with van der Waals surface area (Å²) in [5.41, 5.74) is 3.41. The minimum absolute atomic E-state index is 1.37. The van der Waals surface area contributed by atoms with Crippen molar-refractivity contribution in [2.45, 2.75) is 0 Å². The molecule has 0 aliphatic rings. The van der Waals surface area contributed by atoms with Gasteiger partial charge < -0.3 is 11.5 Å². The van der Waals surface area contributed by atoms with Gasteiger partial charge >= 0.3 is 0 Å². The van der Waals surface area contributed by atoms with Gasteiger partial charge in [0.05, 0.1) is 0 Å². The van der Waals surface area contributed by atoms with E-state index in [4.69, 9.17) is 11.5 Å². The number of benzene rings is 2. The highest BCUT2D eigenvalue weighted by molar-refractivity contribution is 5.54. The molecule has 0 saturated heterocycles. The smallest absolute Gasteiger partial charge is 0.186 e. The van der Waals surface area contributed by atoms with E-state index in [1.165, 1.54) is 11.8 Å². The molecule has 0 amide bonds. The average molecular weight is 352 g/mol. The molecule has 126 valence electrons. The molecule has 0 aliphatic heterocycles. The van der Waals surface area contributed by atoms with Gasteiger partial charge in [-0.05, 0) is 0 Å². The lowest BCUT2D eigenvalue weighted by atomic mass is 10.1. The first-order valence-corrected chi connectivity index (χ1v) is 5.84. The molecule has 0 aliphatic carbocycles. The monoisotopic (exact) mass is 352 g/mol.